The summed E-state index contributed by atoms with van der Waals surface area (Å²) in [5, 5.41) is 0.963. The molecular weight excluding hydrogens is 338 g/mol. The molecular formula is C23H27NO3. The number of carbonyl (C=O) groups is 1. The van der Waals surface area contributed by atoms with Crippen molar-refractivity contribution in [3.05, 3.63) is 64.8 Å². The van der Waals surface area contributed by atoms with Crippen molar-refractivity contribution in [1.29, 1.82) is 0 Å². The highest BCUT2D eigenvalue weighted by Gasteiger charge is 2.24. The lowest BCUT2D eigenvalue weighted by molar-refractivity contribution is 0.103. The first-order valence-electron chi connectivity index (χ1n) is 9.45. The third-order valence-electron chi connectivity index (χ3n) is 5.03. The van der Waals surface area contributed by atoms with Crippen molar-refractivity contribution in [1.82, 2.24) is 4.98 Å². The van der Waals surface area contributed by atoms with Crippen molar-refractivity contribution in [3.63, 3.8) is 0 Å². The highest BCUT2D eigenvalue weighted by molar-refractivity contribution is 6.18. The van der Waals surface area contributed by atoms with Gasteiger partial charge in [0.2, 0.25) is 0 Å². The molecule has 3 aromatic rings. The number of ketones is 1. The van der Waals surface area contributed by atoms with Crippen molar-refractivity contribution in [2.45, 2.75) is 33.1 Å². The fraction of sp³-hybridized carbons (Fsp3) is 0.348. The number of nitrogens with one attached hydrogen (secondary N) is 1. The van der Waals surface area contributed by atoms with Gasteiger partial charge in [0.25, 0.3) is 0 Å². The predicted molar refractivity (Wildman–Crippen MR) is 109 cm³/mol. The number of aromatic amines is 1. The lowest BCUT2D eigenvalue weighted by atomic mass is 9.89. The Hall–Kier alpha value is -2.59. The van der Waals surface area contributed by atoms with Gasteiger partial charge in [0, 0.05) is 40.9 Å². The van der Waals surface area contributed by atoms with E-state index in [4.69, 9.17) is 9.47 Å². The molecule has 1 aromatic heterocycles. The van der Waals surface area contributed by atoms with Crippen LogP contribution in [0.1, 0.15) is 53.4 Å². The molecule has 4 heteroatoms. The normalized spacial score (nSPS) is 12.3. The average molecular weight is 365 g/mol. The van der Waals surface area contributed by atoms with Crippen molar-refractivity contribution < 1.29 is 14.3 Å². The quantitative estimate of drug-likeness (QED) is 0.438. The van der Waals surface area contributed by atoms with Gasteiger partial charge in [-0.2, -0.15) is 0 Å². The van der Waals surface area contributed by atoms with Crippen molar-refractivity contribution in [2.24, 2.45) is 0 Å². The summed E-state index contributed by atoms with van der Waals surface area (Å²) in [4.78, 5) is 16.7. The van der Waals surface area contributed by atoms with Crippen LogP contribution < -0.4 is 4.74 Å². The maximum atomic E-state index is 13.3. The van der Waals surface area contributed by atoms with Crippen LogP contribution in [0.4, 0.5) is 0 Å². The summed E-state index contributed by atoms with van der Waals surface area (Å²) in [5.41, 5.74) is 4.33. The summed E-state index contributed by atoms with van der Waals surface area (Å²) in [6, 6.07) is 13.4. The summed E-state index contributed by atoms with van der Waals surface area (Å²) < 4.78 is 11.2. The van der Waals surface area contributed by atoms with Gasteiger partial charge in [0.1, 0.15) is 5.75 Å². The molecule has 1 N–H and O–H groups in total. The summed E-state index contributed by atoms with van der Waals surface area (Å²) in [5.74, 6) is 1.05. The monoisotopic (exact) mass is 365 g/mol. The maximum Gasteiger partial charge on any atom is 0.195 e. The van der Waals surface area contributed by atoms with E-state index in [-0.39, 0.29) is 11.7 Å². The maximum absolute atomic E-state index is 13.3. The number of rotatable bonds is 8. The molecule has 0 radical (unpaired) electrons. The van der Waals surface area contributed by atoms with Crippen LogP contribution in [0, 0.1) is 6.92 Å². The van der Waals surface area contributed by atoms with Crippen molar-refractivity contribution >= 4 is 16.7 Å². The molecule has 4 nitrogen and oxygen atoms in total. The SMILES string of the molecule is CCOCCC(C)c1c(OC)ccc2[nH]c(C)c(C(=O)c3ccccc3)c12. The van der Waals surface area contributed by atoms with Crippen LogP contribution in [-0.2, 0) is 4.74 Å². The molecule has 0 aliphatic heterocycles. The first-order valence-corrected chi connectivity index (χ1v) is 9.45. The lowest BCUT2D eigenvalue weighted by Gasteiger charge is -2.18. The van der Waals surface area contributed by atoms with E-state index >= 15 is 0 Å². The minimum atomic E-state index is 0.0332. The molecule has 0 fully saturated rings. The lowest BCUT2D eigenvalue weighted by Crippen LogP contribution is -2.07. The third kappa shape index (κ3) is 3.76. The first kappa shape index (κ1) is 19.2. The number of aryl methyl sites for hydroxylation is 1. The molecule has 3 rings (SSSR count). The van der Waals surface area contributed by atoms with Crippen LogP contribution in [0.2, 0.25) is 0 Å². The van der Waals surface area contributed by atoms with E-state index in [1.165, 1.54) is 0 Å². The van der Waals surface area contributed by atoms with Crippen molar-refractivity contribution in [2.75, 3.05) is 20.3 Å². The van der Waals surface area contributed by atoms with Crippen LogP contribution in [0.3, 0.4) is 0 Å². The Morgan fingerprint density at radius 1 is 1.15 bits per heavy atom. The summed E-state index contributed by atoms with van der Waals surface area (Å²) in [6.07, 6.45) is 0.868. The molecule has 0 aliphatic rings. The van der Waals surface area contributed by atoms with Gasteiger partial charge in [-0.3, -0.25) is 4.79 Å². The molecule has 2 aromatic carbocycles. The fourth-order valence-electron chi connectivity index (χ4n) is 3.66. The van der Waals surface area contributed by atoms with E-state index in [0.717, 1.165) is 39.9 Å². The Morgan fingerprint density at radius 2 is 1.89 bits per heavy atom. The molecule has 0 saturated carbocycles. The second kappa shape index (κ2) is 8.40. The van der Waals surface area contributed by atoms with Gasteiger partial charge >= 0.3 is 0 Å². The van der Waals surface area contributed by atoms with Crippen LogP contribution in [0.25, 0.3) is 10.9 Å². The smallest absolute Gasteiger partial charge is 0.195 e. The molecule has 142 valence electrons. The van der Waals surface area contributed by atoms with Gasteiger partial charge in [-0.05, 0) is 38.3 Å². The largest absolute Gasteiger partial charge is 0.496 e. The zero-order valence-corrected chi connectivity index (χ0v) is 16.5. The average Bonchev–Trinajstić information content (AvgIpc) is 3.03. The van der Waals surface area contributed by atoms with Crippen LogP contribution >= 0.6 is 0 Å². The zero-order valence-electron chi connectivity index (χ0n) is 16.5. The fourth-order valence-corrected chi connectivity index (χ4v) is 3.66. The standard InChI is InChI=1S/C23H27NO3/c1-5-27-14-13-15(2)20-19(26-4)12-11-18-22(20)21(16(3)24-18)23(25)17-9-7-6-8-10-17/h6-12,15,24H,5,13-14H2,1-4H3. The Labute approximate surface area is 160 Å². The van der Waals surface area contributed by atoms with Crippen LogP contribution in [0.5, 0.6) is 5.75 Å². The Bertz CT molecular complexity index is 928. The van der Waals surface area contributed by atoms with E-state index < -0.39 is 0 Å². The van der Waals surface area contributed by atoms with Gasteiger partial charge in [0.05, 0.1) is 12.7 Å². The van der Waals surface area contributed by atoms with Crippen molar-refractivity contribution in [3.8, 4) is 5.75 Å². The number of hydrogen-bond acceptors (Lipinski definition) is 3. The third-order valence-corrected chi connectivity index (χ3v) is 5.03. The summed E-state index contributed by atoms with van der Waals surface area (Å²) in [6.45, 7) is 7.50. The zero-order chi connectivity index (χ0) is 19.4. The molecule has 0 saturated heterocycles. The molecule has 0 spiro atoms. The number of ether oxygens (including phenoxy) is 2. The number of methoxy groups -OCH3 is 1. The molecule has 1 atom stereocenters. The number of hydrogen-bond donors (Lipinski definition) is 1. The van der Waals surface area contributed by atoms with E-state index in [2.05, 4.69) is 11.9 Å². The van der Waals surface area contributed by atoms with Gasteiger partial charge in [-0.25, -0.2) is 0 Å². The van der Waals surface area contributed by atoms with Crippen LogP contribution in [-0.4, -0.2) is 31.1 Å². The Balaban J connectivity index is 2.17. The minimum Gasteiger partial charge on any atom is -0.496 e. The molecule has 0 bridgehead atoms. The molecule has 1 heterocycles. The molecule has 1 unspecified atom stereocenters. The Kier molecular flexibility index (Phi) is 5.97. The molecule has 0 amide bonds. The summed E-state index contributed by atoms with van der Waals surface area (Å²) >= 11 is 0. The highest BCUT2D eigenvalue weighted by atomic mass is 16.5. The first-order chi connectivity index (χ1) is 13.1. The van der Waals surface area contributed by atoms with Gasteiger partial charge in [-0.1, -0.05) is 37.3 Å². The van der Waals surface area contributed by atoms with E-state index in [9.17, 15) is 4.79 Å². The highest BCUT2D eigenvalue weighted by Crippen LogP contribution is 2.39. The van der Waals surface area contributed by atoms with E-state index in [1.54, 1.807) is 7.11 Å². The molecule has 0 aliphatic carbocycles. The Morgan fingerprint density at radius 3 is 2.56 bits per heavy atom. The minimum absolute atomic E-state index is 0.0332. The summed E-state index contributed by atoms with van der Waals surface area (Å²) in [7, 11) is 1.68. The number of aromatic nitrogens is 1. The second-order valence-electron chi connectivity index (χ2n) is 6.81. The number of benzene rings is 2. The van der Waals surface area contributed by atoms with Gasteiger partial charge in [0.15, 0.2) is 5.78 Å². The topological polar surface area (TPSA) is 51.3 Å². The van der Waals surface area contributed by atoms with Gasteiger partial charge < -0.3 is 14.5 Å². The number of fused-ring (bicyclic) bond motifs is 1. The van der Waals surface area contributed by atoms with E-state index in [1.807, 2.05) is 56.3 Å². The van der Waals surface area contributed by atoms with Gasteiger partial charge in [-0.15, -0.1) is 0 Å². The second-order valence-corrected chi connectivity index (χ2v) is 6.81. The number of carbonyl (C=O) groups excluding carboxylic acids is 1. The van der Waals surface area contributed by atoms with E-state index in [0.29, 0.717) is 18.8 Å². The number of H-pyrrole nitrogens is 1. The predicted octanol–water partition coefficient (Wildman–Crippen LogP) is 5.25. The van der Waals surface area contributed by atoms with Crippen LogP contribution in [0.15, 0.2) is 42.5 Å². The molecule has 27 heavy (non-hydrogen) atoms.